The van der Waals surface area contributed by atoms with Crippen molar-refractivity contribution in [2.24, 2.45) is 7.05 Å². The van der Waals surface area contributed by atoms with Crippen molar-refractivity contribution in [3.63, 3.8) is 0 Å². The molecule has 0 atom stereocenters. The quantitative estimate of drug-likeness (QED) is 0.523. The Kier molecular flexibility index (Phi) is 3.74. The van der Waals surface area contributed by atoms with E-state index in [2.05, 4.69) is 9.97 Å². The summed E-state index contributed by atoms with van der Waals surface area (Å²) in [7, 11) is 1.94. The fourth-order valence-corrected chi connectivity index (χ4v) is 3.34. The van der Waals surface area contributed by atoms with Gasteiger partial charge in [-0.1, -0.05) is 42.1 Å². The summed E-state index contributed by atoms with van der Waals surface area (Å²) in [6, 6.07) is 16.3. The number of hydrogen-bond acceptors (Lipinski definition) is 4. The summed E-state index contributed by atoms with van der Waals surface area (Å²) in [4.78, 5) is 14.4. The van der Waals surface area contributed by atoms with Gasteiger partial charge in [0.05, 0.1) is 0 Å². The second-order valence-corrected chi connectivity index (χ2v) is 6.33. The maximum atomic E-state index is 13.1. The molecule has 4 aromatic rings. The van der Waals surface area contributed by atoms with Gasteiger partial charge < -0.3 is 4.57 Å². The van der Waals surface area contributed by atoms with Gasteiger partial charge in [-0.15, -0.1) is 0 Å². The molecular weight excluding hydrogens is 323 g/mol. The normalized spacial score (nSPS) is 11.1. The maximum absolute atomic E-state index is 13.1. The van der Waals surface area contributed by atoms with Crippen molar-refractivity contribution in [3.8, 4) is 11.4 Å². The lowest BCUT2D eigenvalue weighted by Gasteiger charge is -2.02. The zero-order chi connectivity index (χ0) is 16.5. The fraction of sp³-hybridized carbons (Fsp3) is 0.0556. The van der Waals surface area contributed by atoms with E-state index < -0.39 is 0 Å². The van der Waals surface area contributed by atoms with Gasteiger partial charge in [0.1, 0.15) is 28.5 Å². The Hall–Kier alpha value is -2.73. The van der Waals surface area contributed by atoms with Crippen LogP contribution in [0.4, 0.5) is 4.39 Å². The summed E-state index contributed by atoms with van der Waals surface area (Å²) < 4.78 is 15.0. The van der Waals surface area contributed by atoms with Gasteiger partial charge in [0, 0.05) is 17.5 Å². The third-order valence-corrected chi connectivity index (χ3v) is 4.68. The molecule has 0 bridgehead atoms. The number of imidazole rings is 1. The number of aromatic nitrogens is 4. The topological polar surface area (TPSA) is 43.6 Å². The molecule has 4 nitrogen and oxygen atoms in total. The van der Waals surface area contributed by atoms with Crippen molar-refractivity contribution in [1.82, 2.24) is 19.5 Å². The first kappa shape index (κ1) is 14.8. The van der Waals surface area contributed by atoms with Crippen LogP contribution in [0.3, 0.4) is 0 Å². The van der Waals surface area contributed by atoms with E-state index in [9.17, 15) is 4.39 Å². The highest BCUT2D eigenvalue weighted by Gasteiger charge is 2.15. The number of hydrogen-bond donors (Lipinski definition) is 0. The monoisotopic (exact) mass is 336 g/mol. The lowest BCUT2D eigenvalue weighted by Crippen LogP contribution is -1.94. The lowest BCUT2D eigenvalue weighted by molar-refractivity contribution is 0.626. The maximum Gasteiger partial charge on any atom is 0.164 e. The molecule has 0 aliphatic heterocycles. The van der Waals surface area contributed by atoms with E-state index in [1.165, 1.54) is 30.2 Å². The van der Waals surface area contributed by atoms with Gasteiger partial charge in [-0.25, -0.2) is 19.3 Å². The minimum Gasteiger partial charge on any atom is -0.312 e. The van der Waals surface area contributed by atoms with Gasteiger partial charge in [0.15, 0.2) is 5.65 Å². The number of nitrogens with zero attached hydrogens (tertiary/aromatic N) is 4. The molecule has 0 unspecified atom stereocenters. The molecule has 0 amide bonds. The van der Waals surface area contributed by atoms with E-state index in [4.69, 9.17) is 4.98 Å². The molecule has 0 aliphatic carbocycles. The van der Waals surface area contributed by atoms with Gasteiger partial charge in [-0.05, 0) is 24.3 Å². The summed E-state index contributed by atoms with van der Waals surface area (Å²) in [6.45, 7) is 0. The first-order valence-corrected chi connectivity index (χ1v) is 8.20. The van der Waals surface area contributed by atoms with Crippen molar-refractivity contribution < 1.29 is 4.39 Å². The lowest BCUT2D eigenvalue weighted by atomic mass is 10.2. The predicted octanol–water partition coefficient (Wildman–Crippen LogP) is 4.32. The molecule has 2 aromatic heterocycles. The highest BCUT2D eigenvalue weighted by Crippen LogP contribution is 2.32. The summed E-state index contributed by atoms with van der Waals surface area (Å²) in [5.41, 5.74) is 2.54. The van der Waals surface area contributed by atoms with Crippen LogP contribution in [0.2, 0.25) is 0 Å². The molecule has 2 heterocycles. The van der Waals surface area contributed by atoms with Crippen LogP contribution in [0.5, 0.6) is 0 Å². The molecule has 0 radical (unpaired) electrons. The van der Waals surface area contributed by atoms with Crippen LogP contribution in [0.15, 0.2) is 70.8 Å². The van der Waals surface area contributed by atoms with Crippen molar-refractivity contribution in [2.75, 3.05) is 0 Å². The molecule has 0 spiro atoms. The third kappa shape index (κ3) is 2.65. The van der Waals surface area contributed by atoms with Crippen molar-refractivity contribution in [1.29, 1.82) is 0 Å². The molecule has 4 rings (SSSR count). The van der Waals surface area contributed by atoms with Crippen molar-refractivity contribution in [2.45, 2.75) is 9.92 Å². The van der Waals surface area contributed by atoms with Crippen LogP contribution in [-0.4, -0.2) is 19.5 Å². The standard InChI is InChI=1S/C18H13FN4S/c1-23-16(12-5-3-2-4-6-12)22-15-17(23)20-11-21-18(15)24-14-9-7-13(19)8-10-14/h2-11H,1H3. The number of benzene rings is 2. The summed E-state index contributed by atoms with van der Waals surface area (Å²) in [5, 5.41) is 0.754. The highest BCUT2D eigenvalue weighted by molar-refractivity contribution is 7.99. The molecule has 6 heteroatoms. The molecule has 24 heavy (non-hydrogen) atoms. The highest BCUT2D eigenvalue weighted by atomic mass is 32.2. The second kappa shape index (κ2) is 6.05. The van der Waals surface area contributed by atoms with Crippen LogP contribution in [0.1, 0.15) is 0 Å². The van der Waals surface area contributed by atoms with E-state index in [1.807, 2.05) is 41.9 Å². The Morgan fingerprint density at radius 2 is 1.71 bits per heavy atom. The minimum atomic E-state index is -0.253. The van der Waals surface area contributed by atoms with E-state index in [0.717, 1.165) is 32.5 Å². The van der Waals surface area contributed by atoms with Gasteiger partial charge in [-0.2, -0.15) is 0 Å². The summed E-state index contributed by atoms with van der Waals surface area (Å²) in [6.07, 6.45) is 1.53. The molecular formula is C18H13FN4S. The number of rotatable bonds is 3. The van der Waals surface area contributed by atoms with Gasteiger partial charge >= 0.3 is 0 Å². The first-order chi connectivity index (χ1) is 11.7. The minimum absolute atomic E-state index is 0.253. The largest absolute Gasteiger partial charge is 0.312 e. The van der Waals surface area contributed by atoms with Crippen LogP contribution in [-0.2, 0) is 7.05 Å². The summed E-state index contributed by atoms with van der Waals surface area (Å²) >= 11 is 1.45. The Morgan fingerprint density at radius 1 is 0.958 bits per heavy atom. The van der Waals surface area contributed by atoms with E-state index in [-0.39, 0.29) is 5.82 Å². The Bertz CT molecular complexity index is 997. The van der Waals surface area contributed by atoms with Crippen LogP contribution >= 0.6 is 11.8 Å². The predicted molar refractivity (Wildman–Crippen MR) is 92.3 cm³/mol. The SMILES string of the molecule is Cn1c(-c2ccccc2)nc2c(Sc3ccc(F)cc3)ncnc21. The smallest absolute Gasteiger partial charge is 0.164 e. The van der Waals surface area contributed by atoms with Crippen LogP contribution in [0.25, 0.3) is 22.6 Å². The second-order valence-electron chi connectivity index (χ2n) is 5.27. The third-order valence-electron chi connectivity index (χ3n) is 3.68. The Morgan fingerprint density at radius 3 is 2.46 bits per heavy atom. The van der Waals surface area contributed by atoms with Crippen LogP contribution < -0.4 is 0 Å². The average molecular weight is 336 g/mol. The molecule has 0 fully saturated rings. The molecule has 0 N–H and O–H groups in total. The Balaban J connectivity index is 1.81. The summed E-state index contributed by atoms with van der Waals surface area (Å²) in [5.74, 6) is 0.587. The van der Waals surface area contributed by atoms with E-state index >= 15 is 0 Å². The Labute approximate surface area is 142 Å². The molecule has 0 saturated heterocycles. The number of halogens is 1. The van der Waals surface area contributed by atoms with E-state index in [0.29, 0.717) is 0 Å². The molecule has 0 saturated carbocycles. The number of aryl methyl sites for hydroxylation is 1. The first-order valence-electron chi connectivity index (χ1n) is 7.38. The average Bonchev–Trinajstić information content (AvgIpc) is 2.96. The molecule has 2 aromatic carbocycles. The number of fused-ring (bicyclic) bond motifs is 1. The van der Waals surface area contributed by atoms with Gasteiger partial charge in [-0.3, -0.25) is 0 Å². The fourth-order valence-electron chi connectivity index (χ4n) is 2.51. The van der Waals surface area contributed by atoms with Crippen LogP contribution in [0, 0.1) is 5.82 Å². The molecule has 0 aliphatic rings. The van der Waals surface area contributed by atoms with Crippen molar-refractivity contribution in [3.05, 3.63) is 66.7 Å². The van der Waals surface area contributed by atoms with Gasteiger partial charge in [0.2, 0.25) is 0 Å². The van der Waals surface area contributed by atoms with E-state index in [1.54, 1.807) is 12.1 Å². The van der Waals surface area contributed by atoms with Gasteiger partial charge in [0.25, 0.3) is 0 Å². The zero-order valence-corrected chi connectivity index (χ0v) is 13.7. The zero-order valence-electron chi connectivity index (χ0n) is 12.8. The van der Waals surface area contributed by atoms with Crippen molar-refractivity contribution >= 4 is 22.9 Å². The molecule has 118 valence electrons.